The van der Waals surface area contributed by atoms with Gasteiger partial charge in [-0.1, -0.05) is 17.7 Å². The minimum absolute atomic E-state index is 0.0632. The molecule has 1 aromatic carbocycles. The first kappa shape index (κ1) is 13.1. The van der Waals surface area contributed by atoms with Crippen molar-refractivity contribution in [3.8, 4) is 17.4 Å². The Morgan fingerprint density at radius 3 is 2.75 bits per heavy atom. The summed E-state index contributed by atoms with van der Waals surface area (Å²) < 4.78 is 19.3. The van der Waals surface area contributed by atoms with Crippen LogP contribution in [0.5, 0.6) is 17.4 Å². The molecule has 4 nitrogen and oxygen atoms in total. The van der Waals surface area contributed by atoms with Gasteiger partial charge in [-0.2, -0.15) is 0 Å². The maximum Gasteiger partial charge on any atom is 0.281 e. The van der Waals surface area contributed by atoms with Gasteiger partial charge in [0.15, 0.2) is 10.9 Å². The van der Waals surface area contributed by atoms with Gasteiger partial charge in [0.2, 0.25) is 0 Å². The largest absolute Gasteiger partial charge is 0.503 e. The van der Waals surface area contributed by atoms with E-state index in [9.17, 15) is 9.50 Å². The first-order valence-corrected chi connectivity index (χ1v) is 6.63. The molecule has 1 saturated carbocycles. The second-order valence-corrected chi connectivity index (χ2v) is 5.21. The van der Waals surface area contributed by atoms with Gasteiger partial charge in [-0.25, -0.2) is 4.39 Å². The summed E-state index contributed by atoms with van der Waals surface area (Å²) in [5.41, 5.74) is 1.32. The van der Waals surface area contributed by atoms with Crippen molar-refractivity contribution in [1.29, 1.82) is 0 Å². The third-order valence-electron chi connectivity index (χ3n) is 3.30. The van der Waals surface area contributed by atoms with E-state index in [1.54, 1.807) is 13.0 Å². The highest BCUT2D eigenvalue weighted by Gasteiger charge is 2.29. The molecule has 0 atom stereocenters. The number of benzene rings is 1. The van der Waals surface area contributed by atoms with Gasteiger partial charge >= 0.3 is 0 Å². The summed E-state index contributed by atoms with van der Waals surface area (Å²) in [6.45, 7) is 1.64. The van der Waals surface area contributed by atoms with Crippen LogP contribution in [0.15, 0.2) is 18.2 Å². The van der Waals surface area contributed by atoms with Gasteiger partial charge in [0.25, 0.3) is 5.88 Å². The SMILES string of the molecule is Cc1c(F)ccc(C2CC2)c1Oc1nnc(Cl)cc1O. The third-order valence-corrected chi connectivity index (χ3v) is 3.48. The molecular formula is C14H12ClFN2O2. The second-order valence-electron chi connectivity index (χ2n) is 4.82. The minimum Gasteiger partial charge on any atom is -0.503 e. The molecule has 3 rings (SSSR count). The van der Waals surface area contributed by atoms with Gasteiger partial charge in [-0.05, 0) is 37.3 Å². The van der Waals surface area contributed by atoms with E-state index in [2.05, 4.69) is 10.2 Å². The van der Waals surface area contributed by atoms with Crippen LogP contribution in [0.4, 0.5) is 4.39 Å². The number of halogens is 2. The smallest absolute Gasteiger partial charge is 0.281 e. The Labute approximate surface area is 120 Å². The lowest BCUT2D eigenvalue weighted by molar-refractivity contribution is 0.385. The molecule has 20 heavy (non-hydrogen) atoms. The summed E-state index contributed by atoms with van der Waals surface area (Å²) in [7, 11) is 0. The number of aromatic nitrogens is 2. The molecule has 1 heterocycles. The quantitative estimate of drug-likeness (QED) is 0.931. The summed E-state index contributed by atoms with van der Waals surface area (Å²) in [4.78, 5) is 0. The molecule has 1 aromatic heterocycles. The molecule has 0 unspecified atom stereocenters. The van der Waals surface area contributed by atoms with E-state index >= 15 is 0 Å². The second kappa shape index (κ2) is 4.90. The maximum atomic E-state index is 13.7. The fourth-order valence-electron chi connectivity index (χ4n) is 2.06. The van der Waals surface area contributed by atoms with Crippen molar-refractivity contribution in [1.82, 2.24) is 10.2 Å². The molecule has 2 aromatic rings. The molecule has 6 heteroatoms. The van der Waals surface area contributed by atoms with E-state index in [0.717, 1.165) is 18.4 Å². The van der Waals surface area contributed by atoms with E-state index in [1.807, 2.05) is 0 Å². The number of rotatable bonds is 3. The van der Waals surface area contributed by atoms with Crippen LogP contribution in [-0.2, 0) is 0 Å². The molecule has 1 N–H and O–H groups in total. The number of ether oxygens (including phenoxy) is 1. The average molecular weight is 295 g/mol. The monoisotopic (exact) mass is 294 g/mol. The van der Waals surface area contributed by atoms with Gasteiger partial charge in [0, 0.05) is 11.6 Å². The van der Waals surface area contributed by atoms with Crippen LogP contribution in [0, 0.1) is 12.7 Å². The third kappa shape index (κ3) is 2.41. The van der Waals surface area contributed by atoms with Gasteiger partial charge in [-0.15, -0.1) is 10.2 Å². The lowest BCUT2D eigenvalue weighted by Gasteiger charge is -2.13. The maximum absolute atomic E-state index is 13.7. The molecule has 104 valence electrons. The Balaban J connectivity index is 2.03. The van der Waals surface area contributed by atoms with E-state index < -0.39 is 0 Å². The van der Waals surface area contributed by atoms with Crippen LogP contribution in [0.25, 0.3) is 0 Å². The zero-order valence-corrected chi connectivity index (χ0v) is 11.5. The number of hydrogen-bond acceptors (Lipinski definition) is 4. The number of nitrogens with zero attached hydrogens (tertiary/aromatic N) is 2. The minimum atomic E-state index is -0.356. The average Bonchev–Trinajstić information content (AvgIpc) is 3.22. The van der Waals surface area contributed by atoms with Crippen LogP contribution < -0.4 is 4.74 Å². The van der Waals surface area contributed by atoms with Crippen molar-refractivity contribution in [2.45, 2.75) is 25.7 Å². The Morgan fingerprint density at radius 1 is 1.35 bits per heavy atom. The van der Waals surface area contributed by atoms with Crippen molar-refractivity contribution in [2.75, 3.05) is 0 Å². The van der Waals surface area contributed by atoms with Crippen molar-refractivity contribution < 1.29 is 14.2 Å². The Kier molecular flexibility index (Phi) is 3.22. The van der Waals surface area contributed by atoms with E-state index in [4.69, 9.17) is 16.3 Å². The van der Waals surface area contributed by atoms with Gasteiger partial charge < -0.3 is 9.84 Å². The van der Waals surface area contributed by atoms with Gasteiger partial charge in [0.1, 0.15) is 11.6 Å². The van der Waals surface area contributed by atoms with Crippen LogP contribution in [0.2, 0.25) is 5.15 Å². The predicted octanol–water partition coefficient (Wildman–Crippen LogP) is 3.95. The van der Waals surface area contributed by atoms with Crippen LogP contribution >= 0.6 is 11.6 Å². The highest BCUT2D eigenvalue weighted by atomic mass is 35.5. The molecule has 1 fully saturated rings. The first-order valence-electron chi connectivity index (χ1n) is 6.25. The standard InChI is InChI=1S/C14H12ClFN2O2/c1-7-10(16)5-4-9(8-2-3-8)13(7)20-14-11(19)6-12(15)17-18-14/h4-6,8H,2-3H2,1H3,(H,17,19). The first-order chi connectivity index (χ1) is 9.56. The summed E-state index contributed by atoms with van der Waals surface area (Å²) in [5, 5.41) is 17.1. The summed E-state index contributed by atoms with van der Waals surface area (Å²) in [5.74, 6) is 0.123. The van der Waals surface area contributed by atoms with Gasteiger partial charge in [0.05, 0.1) is 0 Å². The zero-order valence-electron chi connectivity index (χ0n) is 10.7. The van der Waals surface area contributed by atoms with Crippen LogP contribution in [0.3, 0.4) is 0 Å². The Hall–Kier alpha value is -1.88. The fourth-order valence-corrected chi connectivity index (χ4v) is 2.20. The number of aromatic hydroxyl groups is 1. The molecule has 0 amide bonds. The van der Waals surface area contributed by atoms with Crippen molar-refractivity contribution in [3.63, 3.8) is 0 Å². The molecular weight excluding hydrogens is 283 g/mol. The van der Waals surface area contributed by atoms with E-state index in [1.165, 1.54) is 12.1 Å². The summed E-state index contributed by atoms with van der Waals surface area (Å²) in [6.07, 6.45) is 2.11. The van der Waals surface area contributed by atoms with Crippen molar-refractivity contribution in [3.05, 3.63) is 40.3 Å². The lowest BCUT2D eigenvalue weighted by atomic mass is 10.1. The fraction of sp³-hybridized carbons (Fsp3) is 0.286. The predicted molar refractivity (Wildman–Crippen MR) is 71.9 cm³/mol. The van der Waals surface area contributed by atoms with Crippen molar-refractivity contribution in [2.24, 2.45) is 0 Å². The Morgan fingerprint density at radius 2 is 2.10 bits per heavy atom. The van der Waals surface area contributed by atoms with E-state index in [0.29, 0.717) is 17.2 Å². The molecule has 0 aliphatic heterocycles. The lowest BCUT2D eigenvalue weighted by Crippen LogP contribution is -1.98. The molecule has 0 spiro atoms. The number of hydrogen-bond donors (Lipinski definition) is 1. The molecule has 1 aliphatic carbocycles. The van der Waals surface area contributed by atoms with Crippen molar-refractivity contribution >= 4 is 11.6 Å². The normalized spacial score (nSPS) is 14.3. The summed E-state index contributed by atoms with van der Waals surface area (Å²) in [6, 6.07) is 4.38. The highest BCUT2D eigenvalue weighted by Crippen LogP contribution is 2.47. The van der Waals surface area contributed by atoms with Gasteiger partial charge in [-0.3, -0.25) is 0 Å². The van der Waals surface area contributed by atoms with Crippen LogP contribution in [0.1, 0.15) is 29.9 Å². The zero-order chi connectivity index (χ0) is 14.3. The summed E-state index contributed by atoms with van der Waals surface area (Å²) >= 11 is 5.62. The highest BCUT2D eigenvalue weighted by molar-refractivity contribution is 6.29. The van der Waals surface area contributed by atoms with E-state index in [-0.39, 0.29) is 22.6 Å². The molecule has 1 aliphatic rings. The molecule has 0 bridgehead atoms. The molecule has 0 radical (unpaired) electrons. The Bertz CT molecular complexity index is 674. The molecule has 0 saturated heterocycles. The van der Waals surface area contributed by atoms with Crippen LogP contribution in [-0.4, -0.2) is 15.3 Å². The topological polar surface area (TPSA) is 55.2 Å².